The Bertz CT molecular complexity index is 819. The van der Waals surface area contributed by atoms with Crippen LogP contribution in [0.2, 0.25) is 0 Å². The lowest BCUT2D eigenvalue weighted by Crippen LogP contribution is -2.13. The molecule has 0 unspecified atom stereocenters. The van der Waals surface area contributed by atoms with Gasteiger partial charge in [0.2, 0.25) is 5.95 Å². The van der Waals surface area contributed by atoms with Gasteiger partial charge < -0.3 is 0 Å². The van der Waals surface area contributed by atoms with Gasteiger partial charge in [0.05, 0.1) is 6.20 Å². The zero-order valence-electron chi connectivity index (χ0n) is 11.1. The molecule has 0 saturated carbocycles. The van der Waals surface area contributed by atoms with Crippen molar-refractivity contribution in [2.45, 2.75) is 0 Å². The molecule has 0 radical (unpaired) electrons. The lowest BCUT2D eigenvalue weighted by molar-refractivity contribution is 0.102. The summed E-state index contributed by atoms with van der Waals surface area (Å²) in [6.45, 7) is 0. The van der Waals surface area contributed by atoms with E-state index in [1.807, 2.05) is 0 Å². The fourth-order valence-corrected chi connectivity index (χ4v) is 1.76. The van der Waals surface area contributed by atoms with E-state index in [9.17, 15) is 13.6 Å². The summed E-state index contributed by atoms with van der Waals surface area (Å²) in [5, 5.41) is 6.36. The Labute approximate surface area is 123 Å². The molecule has 0 atom stereocenters. The van der Waals surface area contributed by atoms with Gasteiger partial charge in [0.1, 0.15) is 12.1 Å². The van der Waals surface area contributed by atoms with Crippen LogP contribution in [-0.4, -0.2) is 25.7 Å². The van der Waals surface area contributed by atoms with Crippen LogP contribution < -0.4 is 5.32 Å². The number of amides is 1. The molecule has 0 saturated heterocycles. The molecule has 2 heterocycles. The smallest absolute Gasteiger partial charge is 0.258 e. The van der Waals surface area contributed by atoms with Crippen LogP contribution >= 0.6 is 0 Å². The fourth-order valence-electron chi connectivity index (χ4n) is 1.76. The minimum atomic E-state index is -0.883. The lowest BCUT2D eigenvalue weighted by atomic mass is 10.2. The fraction of sp³-hybridized carbons (Fsp3) is 0. The summed E-state index contributed by atoms with van der Waals surface area (Å²) in [6.07, 6.45) is 2.03. The molecule has 0 fully saturated rings. The quantitative estimate of drug-likeness (QED) is 0.805. The Kier molecular flexibility index (Phi) is 3.57. The van der Waals surface area contributed by atoms with Gasteiger partial charge in [0.15, 0.2) is 11.6 Å². The van der Waals surface area contributed by atoms with Crippen molar-refractivity contribution in [2.75, 3.05) is 5.32 Å². The highest BCUT2D eigenvalue weighted by atomic mass is 19.1. The minimum absolute atomic E-state index is 0.0145. The van der Waals surface area contributed by atoms with Crippen LogP contribution in [0.5, 0.6) is 0 Å². The predicted octanol–water partition coefficient (Wildman–Crippen LogP) is 2.19. The number of carbonyl (C=O) groups is 1. The molecule has 0 aliphatic carbocycles. The molecular weight excluding hydrogens is 292 g/mol. The first-order chi connectivity index (χ1) is 10.6. The maximum Gasteiger partial charge on any atom is 0.258 e. The summed E-state index contributed by atoms with van der Waals surface area (Å²) in [4.78, 5) is 19.4. The summed E-state index contributed by atoms with van der Waals surface area (Å²) in [6, 6.07) is 9.18. The second-order valence-electron chi connectivity index (χ2n) is 4.29. The SMILES string of the molecule is O=C(Nc1ncn(-c2ncc(F)cc2F)n1)c1ccccc1. The topological polar surface area (TPSA) is 72.7 Å². The van der Waals surface area contributed by atoms with Crippen molar-refractivity contribution < 1.29 is 13.6 Å². The van der Waals surface area contributed by atoms with Crippen LogP contribution in [0.3, 0.4) is 0 Å². The zero-order chi connectivity index (χ0) is 15.5. The molecule has 1 amide bonds. The number of aromatic nitrogens is 4. The molecule has 0 spiro atoms. The molecule has 6 nitrogen and oxygen atoms in total. The van der Waals surface area contributed by atoms with Gasteiger partial charge in [-0.15, -0.1) is 5.10 Å². The maximum atomic E-state index is 13.6. The highest BCUT2D eigenvalue weighted by Crippen LogP contribution is 2.11. The molecule has 1 aromatic carbocycles. The average molecular weight is 301 g/mol. The number of halogens is 2. The van der Waals surface area contributed by atoms with Crippen LogP contribution in [0.25, 0.3) is 5.82 Å². The maximum absolute atomic E-state index is 13.6. The Morgan fingerprint density at radius 2 is 1.91 bits per heavy atom. The van der Waals surface area contributed by atoms with Gasteiger partial charge in [-0.05, 0) is 12.1 Å². The molecule has 1 N–H and O–H groups in total. The third-order valence-corrected chi connectivity index (χ3v) is 2.76. The van der Waals surface area contributed by atoms with Crippen LogP contribution in [0, 0.1) is 11.6 Å². The number of carbonyl (C=O) groups excluding carboxylic acids is 1. The summed E-state index contributed by atoms with van der Waals surface area (Å²) in [7, 11) is 0. The molecule has 2 aromatic heterocycles. The Morgan fingerprint density at radius 1 is 1.14 bits per heavy atom. The number of benzene rings is 1. The number of pyridine rings is 1. The van der Waals surface area contributed by atoms with E-state index in [1.165, 1.54) is 6.33 Å². The van der Waals surface area contributed by atoms with Gasteiger partial charge in [-0.25, -0.2) is 13.8 Å². The van der Waals surface area contributed by atoms with Crippen molar-refractivity contribution >= 4 is 11.9 Å². The van der Waals surface area contributed by atoms with E-state index in [-0.39, 0.29) is 11.8 Å². The Morgan fingerprint density at radius 3 is 2.64 bits per heavy atom. The van der Waals surface area contributed by atoms with Crippen molar-refractivity contribution in [1.29, 1.82) is 0 Å². The van der Waals surface area contributed by atoms with E-state index in [4.69, 9.17) is 0 Å². The van der Waals surface area contributed by atoms with Crippen LogP contribution in [0.4, 0.5) is 14.7 Å². The Hall–Kier alpha value is -3.16. The average Bonchev–Trinajstić information content (AvgIpc) is 2.96. The number of hydrogen-bond donors (Lipinski definition) is 1. The van der Waals surface area contributed by atoms with Gasteiger partial charge >= 0.3 is 0 Å². The van der Waals surface area contributed by atoms with Gasteiger partial charge in [0.25, 0.3) is 5.91 Å². The van der Waals surface area contributed by atoms with Crippen LogP contribution in [0.1, 0.15) is 10.4 Å². The molecule has 110 valence electrons. The molecule has 3 rings (SSSR count). The predicted molar refractivity (Wildman–Crippen MR) is 73.5 cm³/mol. The van der Waals surface area contributed by atoms with E-state index in [0.29, 0.717) is 11.6 Å². The van der Waals surface area contributed by atoms with Crippen molar-refractivity contribution in [3.63, 3.8) is 0 Å². The largest absolute Gasteiger partial charge is 0.289 e. The highest BCUT2D eigenvalue weighted by Gasteiger charge is 2.12. The van der Waals surface area contributed by atoms with Crippen LogP contribution in [0.15, 0.2) is 48.9 Å². The van der Waals surface area contributed by atoms with Gasteiger partial charge in [-0.1, -0.05) is 18.2 Å². The molecular formula is C14H9F2N5O. The monoisotopic (exact) mass is 301 g/mol. The first kappa shape index (κ1) is 13.8. The standard InChI is InChI=1S/C14H9F2N5O/c15-10-6-11(16)12(17-7-10)21-8-18-14(20-21)19-13(22)9-4-2-1-3-5-9/h1-8H,(H,19,20,22). The van der Waals surface area contributed by atoms with Gasteiger partial charge in [0, 0.05) is 11.6 Å². The number of nitrogens with one attached hydrogen (secondary N) is 1. The molecule has 22 heavy (non-hydrogen) atoms. The van der Waals surface area contributed by atoms with Gasteiger partial charge in [-0.3, -0.25) is 10.1 Å². The van der Waals surface area contributed by atoms with Crippen molar-refractivity contribution in [3.8, 4) is 5.82 Å². The van der Waals surface area contributed by atoms with Crippen molar-refractivity contribution in [2.24, 2.45) is 0 Å². The second kappa shape index (κ2) is 5.68. The third-order valence-electron chi connectivity index (χ3n) is 2.76. The van der Waals surface area contributed by atoms with Gasteiger partial charge in [-0.2, -0.15) is 9.67 Å². The second-order valence-corrected chi connectivity index (χ2v) is 4.29. The van der Waals surface area contributed by atoms with Crippen molar-refractivity contribution in [1.82, 2.24) is 19.7 Å². The van der Waals surface area contributed by atoms with E-state index >= 15 is 0 Å². The number of rotatable bonds is 3. The normalized spacial score (nSPS) is 10.5. The summed E-state index contributed by atoms with van der Waals surface area (Å²) in [5.74, 6) is -2.30. The highest BCUT2D eigenvalue weighted by molar-refractivity contribution is 6.03. The third kappa shape index (κ3) is 2.80. The Balaban J connectivity index is 1.81. The van der Waals surface area contributed by atoms with Crippen LogP contribution in [-0.2, 0) is 0 Å². The number of hydrogen-bond acceptors (Lipinski definition) is 4. The molecule has 8 heteroatoms. The lowest BCUT2D eigenvalue weighted by Gasteiger charge is -2.01. The summed E-state index contributed by atoms with van der Waals surface area (Å²) < 4.78 is 27.4. The summed E-state index contributed by atoms with van der Waals surface area (Å²) >= 11 is 0. The number of nitrogens with zero attached hydrogens (tertiary/aromatic N) is 4. The molecule has 0 bridgehead atoms. The van der Waals surface area contributed by atoms with E-state index in [1.54, 1.807) is 30.3 Å². The number of anilines is 1. The molecule has 0 aliphatic rings. The first-order valence-electron chi connectivity index (χ1n) is 6.23. The first-order valence-corrected chi connectivity index (χ1v) is 6.23. The molecule has 0 aliphatic heterocycles. The van der Waals surface area contributed by atoms with E-state index < -0.39 is 17.5 Å². The molecule has 3 aromatic rings. The summed E-state index contributed by atoms with van der Waals surface area (Å²) in [5.41, 5.74) is 0.435. The van der Waals surface area contributed by atoms with E-state index in [0.717, 1.165) is 10.9 Å². The van der Waals surface area contributed by atoms with Crippen molar-refractivity contribution in [3.05, 3.63) is 66.1 Å². The van der Waals surface area contributed by atoms with E-state index in [2.05, 4.69) is 20.4 Å². The minimum Gasteiger partial charge on any atom is -0.289 e. The zero-order valence-corrected chi connectivity index (χ0v) is 11.1.